The van der Waals surface area contributed by atoms with Gasteiger partial charge in [0.15, 0.2) is 0 Å². The normalized spacial score (nSPS) is 13.9. The second-order valence-corrected chi connectivity index (χ2v) is 4.38. The molecular formula is C11H21ClF3NO. The van der Waals surface area contributed by atoms with E-state index in [1.165, 1.54) is 0 Å². The number of halogens is 4. The van der Waals surface area contributed by atoms with Gasteiger partial charge in [0.2, 0.25) is 0 Å². The fraction of sp³-hybridized carbons (Fsp3) is 1.00. The summed E-state index contributed by atoms with van der Waals surface area (Å²) in [6.45, 7) is 2.25. The molecule has 17 heavy (non-hydrogen) atoms. The Morgan fingerprint density at radius 2 is 2.00 bits per heavy atom. The Hall–Kier alpha value is -0.0000000000000000555. The van der Waals surface area contributed by atoms with E-state index in [1.807, 2.05) is 0 Å². The van der Waals surface area contributed by atoms with Crippen molar-refractivity contribution in [1.82, 2.24) is 5.32 Å². The van der Waals surface area contributed by atoms with Crippen LogP contribution in [0.3, 0.4) is 0 Å². The summed E-state index contributed by atoms with van der Waals surface area (Å²) in [4.78, 5) is 0. The molecule has 1 unspecified atom stereocenters. The van der Waals surface area contributed by atoms with Gasteiger partial charge in [0.05, 0.1) is 6.61 Å². The predicted octanol–water partition coefficient (Wildman–Crippen LogP) is 3.20. The van der Waals surface area contributed by atoms with E-state index in [9.17, 15) is 13.2 Å². The number of ether oxygens (including phenoxy) is 1. The molecule has 0 rings (SSSR count). The molecule has 1 N–H and O–H groups in total. The van der Waals surface area contributed by atoms with Crippen LogP contribution >= 0.6 is 11.6 Å². The zero-order valence-electron chi connectivity index (χ0n) is 10.2. The van der Waals surface area contributed by atoms with Crippen molar-refractivity contribution in [2.75, 3.05) is 32.2 Å². The van der Waals surface area contributed by atoms with Crippen LogP contribution in [0, 0.1) is 5.92 Å². The van der Waals surface area contributed by atoms with E-state index in [0.29, 0.717) is 18.3 Å². The lowest BCUT2D eigenvalue weighted by atomic mass is 10.0. The van der Waals surface area contributed by atoms with Crippen LogP contribution in [0.15, 0.2) is 0 Å². The first-order valence-corrected chi connectivity index (χ1v) is 6.44. The first-order valence-electron chi connectivity index (χ1n) is 5.90. The third kappa shape index (κ3) is 12.2. The number of alkyl halides is 4. The Bertz CT molecular complexity index is 173. The molecular weight excluding hydrogens is 255 g/mol. The summed E-state index contributed by atoms with van der Waals surface area (Å²) in [5.74, 6) is 1.12. The quantitative estimate of drug-likeness (QED) is 0.488. The number of hydrogen-bond donors (Lipinski definition) is 1. The Morgan fingerprint density at radius 1 is 1.29 bits per heavy atom. The molecule has 1 atom stereocenters. The van der Waals surface area contributed by atoms with Gasteiger partial charge in [-0.05, 0) is 25.3 Å². The molecule has 0 radical (unpaired) electrons. The molecule has 0 heterocycles. The lowest BCUT2D eigenvalue weighted by Crippen LogP contribution is -2.28. The van der Waals surface area contributed by atoms with Crippen molar-refractivity contribution in [1.29, 1.82) is 0 Å². The molecule has 0 aliphatic carbocycles. The SMILES string of the molecule is CCCC(CCCl)CNCCOCC(F)(F)F. The minimum Gasteiger partial charge on any atom is -0.371 e. The lowest BCUT2D eigenvalue weighted by Gasteiger charge is -2.15. The number of nitrogens with one attached hydrogen (secondary N) is 1. The van der Waals surface area contributed by atoms with Gasteiger partial charge >= 0.3 is 6.18 Å². The van der Waals surface area contributed by atoms with Crippen LogP contribution < -0.4 is 5.32 Å². The minimum atomic E-state index is -4.23. The Balaban J connectivity index is 3.41. The predicted molar refractivity (Wildman–Crippen MR) is 63.5 cm³/mol. The van der Waals surface area contributed by atoms with Crippen molar-refractivity contribution in [3.63, 3.8) is 0 Å². The minimum absolute atomic E-state index is 0.0826. The zero-order valence-corrected chi connectivity index (χ0v) is 10.9. The summed E-state index contributed by atoms with van der Waals surface area (Å²) in [5, 5.41) is 3.09. The zero-order chi connectivity index (χ0) is 13.1. The highest BCUT2D eigenvalue weighted by molar-refractivity contribution is 6.17. The van der Waals surface area contributed by atoms with E-state index in [2.05, 4.69) is 17.0 Å². The van der Waals surface area contributed by atoms with Gasteiger partial charge in [-0.25, -0.2) is 0 Å². The maximum absolute atomic E-state index is 11.7. The fourth-order valence-electron chi connectivity index (χ4n) is 1.55. The first-order chi connectivity index (χ1) is 7.99. The molecule has 0 saturated heterocycles. The molecule has 104 valence electrons. The Kier molecular flexibility index (Phi) is 9.97. The number of hydrogen-bond acceptors (Lipinski definition) is 2. The highest BCUT2D eigenvalue weighted by atomic mass is 35.5. The monoisotopic (exact) mass is 275 g/mol. The molecule has 0 saturated carbocycles. The van der Waals surface area contributed by atoms with E-state index in [4.69, 9.17) is 11.6 Å². The average molecular weight is 276 g/mol. The second kappa shape index (κ2) is 9.97. The van der Waals surface area contributed by atoms with Crippen LogP contribution in [0.5, 0.6) is 0 Å². The summed E-state index contributed by atoms with van der Waals surface area (Å²) in [6, 6.07) is 0. The Labute approximate surface area is 106 Å². The number of rotatable bonds is 10. The molecule has 0 aliphatic heterocycles. The smallest absolute Gasteiger partial charge is 0.371 e. The van der Waals surface area contributed by atoms with Gasteiger partial charge in [-0.2, -0.15) is 13.2 Å². The van der Waals surface area contributed by atoms with Gasteiger partial charge in [0.25, 0.3) is 0 Å². The fourth-order valence-corrected chi connectivity index (χ4v) is 1.86. The summed E-state index contributed by atoms with van der Waals surface area (Å²) in [7, 11) is 0. The largest absolute Gasteiger partial charge is 0.411 e. The van der Waals surface area contributed by atoms with Crippen molar-refractivity contribution in [3.8, 4) is 0 Å². The third-order valence-corrected chi connectivity index (χ3v) is 2.55. The standard InChI is InChI=1S/C11H21ClF3NO/c1-2-3-10(4-5-12)8-16-6-7-17-9-11(13,14)15/h10,16H,2-9H2,1H3. The summed E-state index contributed by atoms with van der Waals surface area (Å²) in [5.41, 5.74) is 0. The summed E-state index contributed by atoms with van der Waals surface area (Å²) < 4.78 is 39.7. The molecule has 6 heteroatoms. The van der Waals surface area contributed by atoms with Crippen molar-refractivity contribution in [3.05, 3.63) is 0 Å². The van der Waals surface area contributed by atoms with E-state index in [1.54, 1.807) is 0 Å². The van der Waals surface area contributed by atoms with Crippen LogP contribution in [0.4, 0.5) is 13.2 Å². The first kappa shape index (κ1) is 17.0. The van der Waals surface area contributed by atoms with Gasteiger partial charge in [0, 0.05) is 12.4 Å². The second-order valence-electron chi connectivity index (χ2n) is 4.00. The average Bonchev–Trinajstić information content (AvgIpc) is 2.22. The van der Waals surface area contributed by atoms with Crippen LogP contribution in [0.25, 0.3) is 0 Å². The van der Waals surface area contributed by atoms with Gasteiger partial charge in [-0.3, -0.25) is 0 Å². The molecule has 0 amide bonds. The molecule has 0 aromatic rings. The van der Waals surface area contributed by atoms with E-state index >= 15 is 0 Å². The van der Waals surface area contributed by atoms with E-state index < -0.39 is 12.8 Å². The molecule has 0 bridgehead atoms. The van der Waals surface area contributed by atoms with Crippen LogP contribution in [0.1, 0.15) is 26.2 Å². The maximum atomic E-state index is 11.7. The highest BCUT2D eigenvalue weighted by Crippen LogP contribution is 2.14. The molecule has 0 aromatic carbocycles. The molecule has 0 fully saturated rings. The lowest BCUT2D eigenvalue weighted by molar-refractivity contribution is -0.173. The molecule has 2 nitrogen and oxygen atoms in total. The van der Waals surface area contributed by atoms with Crippen LogP contribution in [0.2, 0.25) is 0 Å². The van der Waals surface area contributed by atoms with Crippen LogP contribution in [-0.2, 0) is 4.74 Å². The molecule has 0 aromatic heterocycles. The van der Waals surface area contributed by atoms with Crippen molar-refractivity contribution < 1.29 is 17.9 Å². The Morgan fingerprint density at radius 3 is 2.53 bits per heavy atom. The van der Waals surface area contributed by atoms with Crippen molar-refractivity contribution >= 4 is 11.6 Å². The maximum Gasteiger partial charge on any atom is 0.411 e. The van der Waals surface area contributed by atoms with Crippen molar-refractivity contribution in [2.24, 2.45) is 5.92 Å². The van der Waals surface area contributed by atoms with Gasteiger partial charge in [0.1, 0.15) is 6.61 Å². The van der Waals surface area contributed by atoms with E-state index in [-0.39, 0.29) is 6.61 Å². The van der Waals surface area contributed by atoms with Gasteiger partial charge < -0.3 is 10.1 Å². The van der Waals surface area contributed by atoms with E-state index in [0.717, 1.165) is 25.8 Å². The molecule has 0 aliphatic rings. The molecule has 0 spiro atoms. The topological polar surface area (TPSA) is 21.3 Å². The van der Waals surface area contributed by atoms with Crippen molar-refractivity contribution in [2.45, 2.75) is 32.4 Å². The summed E-state index contributed by atoms with van der Waals surface area (Å²) in [6.07, 6.45) is -1.12. The third-order valence-electron chi connectivity index (χ3n) is 2.34. The highest BCUT2D eigenvalue weighted by Gasteiger charge is 2.27. The van der Waals surface area contributed by atoms with Crippen LogP contribution in [-0.4, -0.2) is 38.4 Å². The summed E-state index contributed by atoms with van der Waals surface area (Å²) >= 11 is 5.67. The van der Waals surface area contributed by atoms with Gasteiger partial charge in [-0.1, -0.05) is 13.3 Å². The van der Waals surface area contributed by atoms with Gasteiger partial charge in [-0.15, -0.1) is 11.6 Å².